The van der Waals surface area contributed by atoms with E-state index in [4.69, 9.17) is 4.98 Å². The number of aryl methyl sites for hydroxylation is 2. The predicted octanol–water partition coefficient (Wildman–Crippen LogP) is 6.04. The Hall–Kier alpha value is -2.92. The molecular formula is C24H23N3OS. The number of nitrogens with zero attached hydrogens (tertiary/aromatic N) is 1. The Labute approximate surface area is 174 Å². The molecule has 146 valence electrons. The van der Waals surface area contributed by atoms with Gasteiger partial charge in [0.25, 0.3) is 5.91 Å². The third-order valence-electron chi connectivity index (χ3n) is 5.87. The zero-order valence-corrected chi connectivity index (χ0v) is 17.5. The van der Waals surface area contributed by atoms with E-state index in [9.17, 15) is 4.79 Å². The molecule has 1 amide bonds. The fourth-order valence-corrected chi connectivity index (χ4v) is 5.43. The minimum Gasteiger partial charge on any atom is -0.338 e. The number of aromatic nitrogens is 2. The summed E-state index contributed by atoms with van der Waals surface area (Å²) in [6.45, 7) is 4.04. The van der Waals surface area contributed by atoms with E-state index in [0.29, 0.717) is 0 Å². The van der Waals surface area contributed by atoms with Crippen LogP contribution < -0.4 is 5.32 Å². The van der Waals surface area contributed by atoms with Gasteiger partial charge >= 0.3 is 0 Å². The van der Waals surface area contributed by atoms with E-state index in [2.05, 4.69) is 10.3 Å². The van der Waals surface area contributed by atoms with Crippen LogP contribution in [0.4, 0.5) is 5.00 Å². The lowest BCUT2D eigenvalue weighted by atomic mass is 9.95. The van der Waals surface area contributed by atoms with Gasteiger partial charge in [0.05, 0.1) is 16.6 Å². The molecule has 2 heterocycles. The first-order valence-corrected chi connectivity index (χ1v) is 10.9. The third-order valence-corrected chi connectivity index (χ3v) is 7.08. The standard InChI is InChI=1S/C24H23N3OS/c1-14-8-7-10-16(15(14)2)23(28)27-24-21(17-9-3-6-13-20(17)29-24)22-25-18-11-4-5-12-19(18)26-22/h4-5,7-8,10-12H,3,6,9,13H2,1-2H3,(H,25,26)(H,27,28). The van der Waals surface area contributed by atoms with Crippen LogP contribution in [0, 0.1) is 13.8 Å². The Morgan fingerprint density at radius 1 is 1.07 bits per heavy atom. The molecule has 2 aromatic heterocycles. The lowest BCUT2D eigenvalue weighted by Crippen LogP contribution is -2.13. The molecule has 2 N–H and O–H groups in total. The van der Waals surface area contributed by atoms with Gasteiger partial charge in [-0.1, -0.05) is 24.3 Å². The third kappa shape index (κ3) is 3.15. The maximum absolute atomic E-state index is 13.1. The molecule has 0 bridgehead atoms. The monoisotopic (exact) mass is 401 g/mol. The maximum atomic E-state index is 13.1. The zero-order chi connectivity index (χ0) is 20.0. The number of imidazole rings is 1. The van der Waals surface area contributed by atoms with Gasteiger partial charge in [0.15, 0.2) is 0 Å². The Morgan fingerprint density at radius 2 is 1.90 bits per heavy atom. The molecule has 0 unspecified atom stereocenters. The highest BCUT2D eigenvalue weighted by Gasteiger charge is 2.25. The van der Waals surface area contributed by atoms with E-state index in [1.807, 2.05) is 56.3 Å². The second-order valence-corrected chi connectivity index (χ2v) is 8.82. The molecule has 5 rings (SSSR count). The van der Waals surface area contributed by atoms with Crippen molar-refractivity contribution in [3.8, 4) is 11.4 Å². The highest BCUT2D eigenvalue weighted by Crippen LogP contribution is 2.44. The Morgan fingerprint density at radius 3 is 2.76 bits per heavy atom. The zero-order valence-electron chi connectivity index (χ0n) is 16.6. The van der Waals surface area contributed by atoms with Gasteiger partial charge in [0.2, 0.25) is 0 Å². The molecule has 0 aliphatic heterocycles. The molecule has 1 aliphatic rings. The highest BCUT2D eigenvalue weighted by atomic mass is 32.1. The average molecular weight is 402 g/mol. The normalized spacial score (nSPS) is 13.4. The number of amides is 1. The molecule has 0 spiro atoms. The topological polar surface area (TPSA) is 57.8 Å². The summed E-state index contributed by atoms with van der Waals surface area (Å²) in [4.78, 5) is 22.8. The first-order chi connectivity index (χ1) is 14.1. The molecule has 0 saturated carbocycles. The number of carbonyl (C=O) groups excluding carboxylic acids is 1. The number of anilines is 1. The minimum absolute atomic E-state index is 0.0536. The molecule has 0 saturated heterocycles. The molecule has 29 heavy (non-hydrogen) atoms. The quantitative estimate of drug-likeness (QED) is 0.440. The van der Waals surface area contributed by atoms with Gasteiger partial charge in [0.1, 0.15) is 10.8 Å². The second-order valence-electron chi connectivity index (χ2n) is 7.72. The van der Waals surface area contributed by atoms with Crippen molar-refractivity contribution in [3.05, 3.63) is 69.6 Å². The van der Waals surface area contributed by atoms with Crippen LogP contribution in [0.15, 0.2) is 42.5 Å². The lowest BCUT2D eigenvalue weighted by molar-refractivity contribution is 0.102. The number of para-hydroxylation sites is 2. The number of hydrogen-bond acceptors (Lipinski definition) is 3. The van der Waals surface area contributed by atoms with Crippen LogP contribution in [-0.2, 0) is 12.8 Å². The lowest BCUT2D eigenvalue weighted by Gasteiger charge is -2.12. The summed E-state index contributed by atoms with van der Waals surface area (Å²) >= 11 is 1.71. The SMILES string of the molecule is Cc1cccc(C(=O)Nc2sc3c(c2-c2nc4ccccc4[nH]2)CCCC3)c1C. The highest BCUT2D eigenvalue weighted by molar-refractivity contribution is 7.17. The van der Waals surface area contributed by atoms with Gasteiger partial charge in [-0.15, -0.1) is 11.3 Å². The number of fused-ring (bicyclic) bond motifs is 2. The van der Waals surface area contributed by atoms with Crippen molar-refractivity contribution in [3.63, 3.8) is 0 Å². The summed E-state index contributed by atoms with van der Waals surface area (Å²) in [5.74, 6) is 0.795. The Balaban J connectivity index is 1.60. The molecule has 0 atom stereocenters. The molecular weight excluding hydrogens is 378 g/mol. The number of hydrogen-bond donors (Lipinski definition) is 2. The maximum Gasteiger partial charge on any atom is 0.256 e. The van der Waals surface area contributed by atoms with Crippen molar-refractivity contribution < 1.29 is 4.79 Å². The largest absolute Gasteiger partial charge is 0.338 e. The van der Waals surface area contributed by atoms with E-state index in [0.717, 1.165) is 57.0 Å². The number of nitrogens with one attached hydrogen (secondary N) is 2. The fourth-order valence-electron chi connectivity index (χ4n) is 4.14. The van der Waals surface area contributed by atoms with Crippen LogP contribution in [0.3, 0.4) is 0 Å². The average Bonchev–Trinajstić information content (AvgIpc) is 3.30. The summed E-state index contributed by atoms with van der Waals surface area (Å²) < 4.78 is 0. The minimum atomic E-state index is -0.0536. The molecule has 4 nitrogen and oxygen atoms in total. The smallest absolute Gasteiger partial charge is 0.256 e. The molecule has 1 aliphatic carbocycles. The van der Waals surface area contributed by atoms with Gasteiger partial charge in [-0.2, -0.15) is 0 Å². The Bertz CT molecular complexity index is 1200. The van der Waals surface area contributed by atoms with Crippen molar-refractivity contribution in [1.29, 1.82) is 0 Å². The van der Waals surface area contributed by atoms with E-state index in [1.54, 1.807) is 11.3 Å². The van der Waals surface area contributed by atoms with E-state index >= 15 is 0 Å². The van der Waals surface area contributed by atoms with Gasteiger partial charge in [-0.25, -0.2) is 4.98 Å². The van der Waals surface area contributed by atoms with E-state index < -0.39 is 0 Å². The van der Waals surface area contributed by atoms with Gasteiger partial charge in [-0.3, -0.25) is 4.79 Å². The van der Waals surface area contributed by atoms with Crippen LogP contribution in [0.2, 0.25) is 0 Å². The second kappa shape index (κ2) is 7.16. The first-order valence-electron chi connectivity index (χ1n) is 10.1. The fraction of sp³-hybridized carbons (Fsp3) is 0.250. The summed E-state index contributed by atoms with van der Waals surface area (Å²) in [5, 5.41) is 4.12. The van der Waals surface area contributed by atoms with E-state index in [-0.39, 0.29) is 5.91 Å². The van der Waals surface area contributed by atoms with Crippen LogP contribution in [0.5, 0.6) is 0 Å². The van der Waals surface area contributed by atoms with Crippen LogP contribution in [0.25, 0.3) is 22.4 Å². The molecule has 0 radical (unpaired) electrons. The number of benzene rings is 2. The van der Waals surface area contributed by atoms with Gasteiger partial charge in [-0.05, 0) is 74.4 Å². The van der Waals surface area contributed by atoms with E-state index in [1.165, 1.54) is 23.3 Å². The summed E-state index contributed by atoms with van der Waals surface area (Å²) in [6, 6.07) is 13.9. The van der Waals surface area contributed by atoms with Crippen molar-refractivity contribution in [2.45, 2.75) is 39.5 Å². The molecule has 2 aromatic carbocycles. The van der Waals surface area contributed by atoms with Crippen molar-refractivity contribution in [1.82, 2.24) is 9.97 Å². The number of thiophene rings is 1. The molecule has 4 aromatic rings. The number of carbonyl (C=O) groups is 1. The molecule has 0 fully saturated rings. The summed E-state index contributed by atoms with van der Waals surface area (Å²) in [7, 11) is 0. The summed E-state index contributed by atoms with van der Waals surface area (Å²) in [5.41, 5.74) is 7.26. The first kappa shape index (κ1) is 18.1. The van der Waals surface area contributed by atoms with Crippen molar-refractivity contribution >= 4 is 33.3 Å². The van der Waals surface area contributed by atoms with Crippen LogP contribution in [0.1, 0.15) is 44.8 Å². The van der Waals surface area contributed by atoms with Crippen molar-refractivity contribution in [2.24, 2.45) is 0 Å². The number of rotatable bonds is 3. The molecule has 5 heteroatoms. The van der Waals surface area contributed by atoms with Gasteiger partial charge < -0.3 is 10.3 Å². The number of aromatic amines is 1. The Kier molecular flexibility index (Phi) is 4.47. The number of H-pyrrole nitrogens is 1. The van der Waals surface area contributed by atoms with Crippen LogP contribution >= 0.6 is 11.3 Å². The predicted molar refractivity (Wildman–Crippen MR) is 120 cm³/mol. The van der Waals surface area contributed by atoms with Gasteiger partial charge in [0, 0.05) is 10.4 Å². The van der Waals surface area contributed by atoms with Crippen molar-refractivity contribution in [2.75, 3.05) is 5.32 Å². The summed E-state index contributed by atoms with van der Waals surface area (Å²) in [6.07, 6.45) is 4.50. The van der Waals surface area contributed by atoms with Crippen LogP contribution in [-0.4, -0.2) is 15.9 Å².